The van der Waals surface area contributed by atoms with Crippen molar-refractivity contribution in [1.82, 2.24) is 14.9 Å². The van der Waals surface area contributed by atoms with Gasteiger partial charge in [0.05, 0.1) is 24.8 Å². The number of rotatable bonds is 9. The first-order chi connectivity index (χ1) is 13.2. The average molecular weight is 367 g/mol. The molecule has 0 aliphatic carbocycles. The Morgan fingerprint density at radius 2 is 1.96 bits per heavy atom. The zero-order valence-electron chi connectivity index (χ0n) is 15.8. The summed E-state index contributed by atoms with van der Waals surface area (Å²) in [6, 6.07) is 15.5. The van der Waals surface area contributed by atoms with E-state index in [4.69, 9.17) is 9.47 Å². The van der Waals surface area contributed by atoms with Gasteiger partial charge in [-0.15, -0.1) is 0 Å². The molecule has 142 valence electrons. The van der Waals surface area contributed by atoms with Crippen molar-refractivity contribution in [3.05, 3.63) is 54.4 Å². The summed E-state index contributed by atoms with van der Waals surface area (Å²) in [7, 11) is 3.63. The summed E-state index contributed by atoms with van der Waals surface area (Å²) in [6.07, 6.45) is 1.82. The highest BCUT2D eigenvalue weighted by Crippen LogP contribution is 2.21. The van der Waals surface area contributed by atoms with Crippen molar-refractivity contribution in [2.24, 2.45) is 7.05 Å². The van der Waals surface area contributed by atoms with E-state index in [9.17, 15) is 4.79 Å². The maximum atomic E-state index is 12.0. The second-order valence-electron chi connectivity index (χ2n) is 6.31. The third kappa shape index (κ3) is 5.00. The molecule has 0 saturated heterocycles. The molecule has 6 nitrogen and oxygen atoms in total. The number of amides is 1. The van der Waals surface area contributed by atoms with E-state index in [0.29, 0.717) is 32.4 Å². The molecule has 0 atom stereocenters. The van der Waals surface area contributed by atoms with Crippen LogP contribution in [0.15, 0.2) is 48.5 Å². The van der Waals surface area contributed by atoms with Crippen molar-refractivity contribution >= 4 is 16.9 Å². The van der Waals surface area contributed by atoms with E-state index < -0.39 is 0 Å². The monoisotopic (exact) mass is 367 g/mol. The normalized spacial score (nSPS) is 10.7. The summed E-state index contributed by atoms with van der Waals surface area (Å²) in [5.41, 5.74) is 1.95. The predicted octanol–water partition coefficient (Wildman–Crippen LogP) is 3.10. The van der Waals surface area contributed by atoms with Crippen LogP contribution in [-0.4, -0.2) is 35.7 Å². The van der Waals surface area contributed by atoms with Crippen LogP contribution in [0.4, 0.5) is 0 Å². The minimum Gasteiger partial charge on any atom is -0.497 e. The lowest BCUT2D eigenvalue weighted by molar-refractivity contribution is -0.121. The first-order valence-electron chi connectivity index (χ1n) is 9.11. The van der Waals surface area contributed by atoms with Gasteiger partial charge in [0.15, 0.2) is 0 Å². The molecule has 2 aromatic carbocycles. The fourth-order valence-electron chi connectivity index (χ4n) is 2.92. The van der Waals surface area contributed by atoms with E-state index in [0.717, 1.165) is 28.4 Å². The first kappa shape index (κ1) is 18.8. The van der Waals surface area contributed by atoms with E-state index in [1.165, 1.54) is 0 Å². The number of fused-ring (bicyclic) bond motifs is 1. The van der Waals surface area contributed by atoms with E-state index in [2.05, 4.69) is 14.9 Å². The minimum atomic E-state index is 0.0343. The molecule has 1 N–H and O–H groups in total. The van der Waals surface area contributed by atoms with E-state index in [1.54, 1.807) is 7.11 Å². The van der Waals surface area contributed by atoms with Gasteiger partial charge in [-0.2, -0.15) is 0 Å². The van der Waals surface area contributed by atoms with Gasteiger partial charge in [0.25, 0.3) is 0 Å². The Morgan fingerprint density at radius 3 is 2.74 bits per heavy atom. The lowest BCUT2D eigenvalue weighted by Crippen LogP contribution is -2.26. The Hall–Kier alpha value is -3.02. The molecule has 0 saturated carbocycles. The van der Waals surface area contributed by atoms with Gasteiger partial charge < -0.3 is 19.4 Å². The molecule has 6 heteroatoms. The molecule has 3 aromatic rings. The number of benzene rings is 2. The number of para-hydroxylation sites is 1. The number of carbonyl (C=O) groups is 1. The predicted molar refractivity (Wildman–Crippen MR) is 105 cm³/mol. The van der Waals surface area contributed by atoms with E-state index >= 15 is 0 Å². The molecule has 3 rings (SSSR count). The van der Waals surface area contributed by atoms with Gasteiger partial charge in [-0.25, -0.2) is 4.98 Å². The summed E-state index contributed by atoms with van der Waals surface area (Å²) < 4.78 is 12.9. The van der Waals surface area contributed by atoms with Gasteiger partial charge in [-0.3, -0.25) is 4.79 Å². The quantitative estimate of drug-likeness (QED) is 0.590. The average Bonchev–Trinajstić information content (AvgIpc) is 3.01. The molecular weight excluding hydrogens is 342 g/mol. The molecule has 0 aliphatic rings. The van der Waals surface area contributed by atoms with Crippen LogP contribution in [0.2, 0.25) is 0 Å². The molecule has 1 aromatic heterocycles. The van der Waals surface area contributed by atoms with Crippen molar-refractivity contribution in [1.29, 1.82) is 0 Å². The Bertz CT molecular complexity index is 890. The summed E-state index contributed by atoms with van der Waals surface area (Å²) in [5, 5.41) is 2.95. The molecule has 1 heterocycles. The molecule has 0 bridgehead atoms. The van der Waals surface area contributed by atoms with Crippen LogP contribution in [0.5, 0.6) is 11.5 Å². The van der Waals surface area contributed by atoms with E-state index in [-0.39, 0.29) is 5.91 Å². The second kappa shape index (κ2) is 9.07. The largest absolute Gasteiger partial charge is 0.497 e. The molecule has 0 fully saturated rings. The zero-order chi connectivity index (χ0) is 19.1. The lowest BCUT2D eigenvalue weighted by Gasteiger charge is -2.07. The summed E-state index contributed by atoms with van der Waals surface area (Å²) in [6.45, 7) is 1.09. The van der Waals surface area contributed by atoms with Crippen molar-refractivity contribution in [2.75, 3.05) is 20.3 Å². The van der Waals surface area contributed by atoms with Crippen LogP contribution < -0.4 is 14.8 Å². The number of nitrogens with zero attached hydrogens (tertiary/aromatic N) is 2. The topological polar surface area (TPSA) is 65.4 Å². The Labute approximate surface area is 159 Å². The molecule has 0 unspecified atom stereocenters. The molecule has 1 amide bonds. The molecule has 0 aliphatic heterocycles. The number of carbonyl (C=O) groups excluding carboxylic acids is 1. The van der Waals surface area contributed by atoms with Crippen LogP contribution >= 0.6 is 0 Å². The van der Waals surface area contributed by atoms with Gasteiger partial charge >= 0.3 is 0 Å². The first-order valence-corrected chi connectivity index (χ1v) is 9.11. The van der Waals surface area contributed by atoms with Gasteiger partial charge in [0.1, 0.15) is 17.3 Å². The van der Waals surface area contributed by atoms with E-state index in [1.807, 2.05) is 55.6 Å². The summed E-state index contributed by atoms with van der Waals surface area (Å²) >= 11 is 0. The van der Waals surface area contributed by atoms with Gasteiger partial charge in [-0.1, -0.05) is 18.2 Å². The number of methoxy groups -OCH3 is 1. The van der Waals surface area contributed by atoms with Gasteiger partial charge in [-0.05, 0) is 30.7 Å². The highest BCUT2D eigenvalue weighted by Gasteiger charge is 2.09. The highest BCUT2D eigenvalue weighted by atomic mass is 16.5. The van der Waals surface area contributed by atoms with Crippen molar-refractivity contribution in [3.63, 3.8) is 0 Å². The van der Waals surface area contributed by atoms with Crippen molar-refractivity contribution in [3.8, 4) is 11.5 Å². The Kier molecular flexibility index (Phi) is 6.30. The van der Waals surface area contributed by atoms with Crippen LogP contribution in [0.1, 0.15) is 18.7 Å². The number of aromatic nitrogens is 2. The number of hydrogen-bond donors (Lipinski definition) is 1. The molecular formula is C21H25N3O3. The highest BCUT2D eigenvalue weighted by molar-refractivity contribution is 5.78. The number of aryl methyl sites for hydroxylation is 1. The number of hydrogen-bond acceptors (Lipinski definition) is 4. The SMILES string of the molecule is COc1ccc2c(c1)nc(CCNC(=O)CCCOc1ccccc1)n2C. The number of nitrogens with one attached hydrogen (secondary N) is 1. The second-order valence-corrected chi connectivity index (χ2v) is 6.31. The smallest absolute Gasteiger partial charge is 0.220 e. The fourth-order valence-corrected chi connectivity index (χ4v) is 2.92. The Morgan fingerprint density at radius 1 is 1.15 bits per heavy atom. The minimum absolute atomic E-state index is 0.0343. The summed E-state index contributed by atoms with van der Waals surface area (Å²) in [5.74, 6) is 2.59. The van der Waals surface area contributed by atoms with Crippen molar-refractivity contribution < 1.29 is 14.3 Å². The van der Waals surface area contributed by atoms with Crippen molar-refractivity contribution in [2.45, 2.75) is 19.3 Å². The number of ether oxygens (including phenoxy) is 2. The molecule has 0 radical (unpaired) electrons. The number of imidazole rings is 1. The van der Waals surface area contributed by atoms with Crippen LogP contribution in [0, 0.1) is 0 Å². The molecule has 27 heavy (non-hydrogen) atoms. The fraction of sp³-hybridized carbons (Fsp3) is 0.333. The Balaban J connectivity index is 1.40. The van der Waals surface area contributed by atoms with Gasteiger partial charge in [0, 0.05) is 32.5 Å². The third-order valence-corrected chi connectivity index (χ3v) is 4.41. The van der Waals surface area contributed by atoms with Crippen LogP contribution in [0.3, 0.4) is 0 Å². The van der Waals surface area contributed by atoms with Crippen LogP contribution in [0.25, 0.3) is 11.0 Å². The standard InChI is InChI=1S/C21H25N3O3/c1-24-19-11-10-17(26-2)15-18(19)23-20(24)12-13-22-21(25)9-6-14-27-16-7-4-3-5-8-16/h3-5,7-8,10-11,15H,6,9,12-14H2,1-2H3,(H,22,25). The third-order valence-electron chi connectivity index (χ3n) is 4.41. The zero-order valence-corrected chi connectivity index (χ0v) is 15.8. The summed E-state index contributed by atoms with van der Waals surface area (Å²) in [4.78, 5) is 16.6. The lowest BCUT2D eigenvalue weighted by atomic mass is 10.3. The maximum Gasteiger partial charge on any atom is 0.220 e. The van der Waals surface area contributed by atoms with Crippen LogP contribution in [-0.2, 0) is 18.3 Å². The van der Waals surface area contributed by atoms with Gasteiger partial charge in [0.2, 0.25) is 5.91 Å². The molecule has 0 spiro atoms. The maximum absolute atomic E-state index is 12.0.